The zero-order chi connectivity index (χ0) is 19.9. The van der Waals surface area contributed by atoms with Gasteiger partial charge >= 0.3 is 0 Å². The lowest BCUT2D eigenvalue weighted by atomic mass is 10.0. The van der Waals surface area contributed by atoms with Crippen LogP contribution in [0.5, 0.6) is 11.5 Å². The fourth-order valence-corrected chi connectivity index (χ4v) is 2.87. The fraction of sp³-hybridized carbons (Fsp3) is 0.125. The van der Waals surface area contributed by atoms with Crippen LogP contribution in [0.1, 0.15) is 22.3 Å². The van der Waals surface area contributed by atoms with Gasteiger partial charge in [0.2, 0.25) is 0 Å². The summed E-state index contributed by atoms with van der Waals surface area (Å²) >= 11 is 0. The highest BCUT2D eigenvalue weighted by Crippen LogP contribution is 2.31. The number of methoxy groups -OCH3 is 1. The molecular formula is C24H20FNO2. The molecule has 3 nitrogen and oxygen atoms in total. The van der Waals surface area contributed by atoms with Crippen LogP contribution < -0.4 is 9.47 Å². The summed E-state index contributed by atoms with van der Waals surface area (Å²) in [6, 6.07) is 21.7. The lowest BCUT2D eigenvalue weighted by Crippen LogP contribution is -1.98. The van der Waals surface area contributed by atoms with E-state index in [0.717, 1.165) is 11.1 Å². The molecule has 0 aliphatic carbocycles. The Balaban J connectivity index is 1.84. The first-order valence-corrected chi connectivity index (χ1v) is 8.84. The van der Waals surface area contributed by atoms with Crippen LogP contribution in [-0.4, -0.2) is 7.11 Å². The smallest absolute Gasteiger partial charge is 0.161 e. The van der Waals surface area contributed by atoms with Gasteiger partial charge in [-0.05, 0) is 42.3 Å². The van der Waals surface area contributed by atoms with Gasteiger partial charge in [-0.2, -0.15) is 5.26 Å². The summed E-state index contributed by atoms with van der Waals surface area (Å²) in [6.07, 6.45) is 1.63. The van der Waals surface area contributed by atoms with E-state index in [1.165, 1.54) is 11.6 Å². The van der Waals surface area contributed by atoms with Crippen LogP contribution >= 0.6 is 0 Å². The molecule has 0 saturated carbocycles. The molecular weight excluding hydrogens is 353 g/mol. The number of aryl methyl sites for hydroxylation is 1. The predicted octanol–water partition coefficient (Wildman–Crippen LogP) is 5.79. The number of rotatable bonds is 6. The molecule has 0 unspecified atom stereocenters. The van der Waals surface area contributed by atoms with Crippen molar-refractivity contribution >= 4 is 11.6 Å². The molecule has 0 saturated heterocycles. The molecule has 0 N–H and O–H groups in total. The van der Waals surface area contributed by atoms with E-state index in [9.17, 15) is 9.65 Å². The van der Waals surface area contributed by atoms with E-state index in [4.69, 9.17) is 9.47 Å². The molecule has 0 aromatic heterocycles. The van der Waals surface area contributed by atoms with Crippen LogP contribution in [0.4, 0.5) is 4.39 Å². The molecule has 28 heavy (non-hydrogen) atoms. The van der Waals surface area contributed by atoms with Crippen molar-refractivity contribution in [2.75, 3.05) is 7.11 Å². The van der Waals surface area contributed by atoms with Crippen LogP contribution in [0.3, 0.4) is 0 Å². The molecule has 0 bridgehead atoms. The topological polar surface area (TPSA) is 42.2 Å². The minimum absolute atomic E-state index is 0.244. The fourth-order valence-electron chi connectivity index (χ4n) is 2.87. The molecule has 0 fully saturated rings. The summed E-state index contributed by atoms with van der Waals surface area (Å²) in [4.78, 5) is 0. The van der Waals surface area contributed by atoms with Gasteiger partial charge in [-0.25, -0.2) is 4.39 Å². The van der Waals surface area contributed by atoms with Gasteiger partial charge in [0.15, 0.2) is 11.5 Å². The van der Waals surface area contributed by atoms with Crippen LogP contribution in [0, 0.1) is 24.1 Å². The van der Waals surface area contributed by atoms with Gasteiger partial charge in [-0.1, -0.05) is 54.1 Å². The quantitative estimate of drug-likeness (QED) is 0.406. The van der Waals surface area contributed by atoms with E-state index in [-0.39, 0.29) is 11.1 Å². The second-order valence-corrected chi connectivity index (χ2v) is 6.34. The van der Waals surface area contributed by atoms with Crippen molar-refractivity contribution in [2.45, 2.75) is 13.5 Å². The number of nitriles is 1. The van der Waals surface area contributed by atoms with E-state index in [1.807, 2.05) is 31.2 Å². The third-order valence-corrected chi connectivity index (χ3v) is 4.26. The minimum atomic E-state index is -0.430. The van der Waals surface area contributed by atoms with Crippen molar-refractivity contribution in [1.82, 2.24) is 0 Å². The third-order valence-electron chi connectivity index (χ3n) is 4.26. The SMILES string of the molecule is COc1cc(/C=C(/C#N)c2ccccc2F)ccc1OCc1cccc(C)c1. The second kappa shape index (κ2) is 8.88. The van der Waals surface area contributed by atoms with Crippen LogP contribution in [0.2, 0.25) is 0 Å². The van der Waals surface area contributed by atoms with E-state index in [2.05, 4.69) is 12.1 Å². The molecule has 0 radical (unpaired) electrons. The number of hydrogen-bond acceptors (Lipinski definition) is 3. The Bertz CT molecular complexity index is 1050. The largest absolute Gasteiger partial charge is 0.493 e. The zero-order valence-corrected chi connectivity index (χ0v) is 15.8. The average molecular weight is 373 g/mol. The van der Waals surface area contributed by atoms with Crippen molar-refractivity contribution in [3.05, 3.63) is 94.8 Å². The molecule has 0 amide bonds. The van der Waals surface area contributed by atoms with E-state index in [0.29, 0.717) is 18.1 Å². The Morgan fingerprint density at radius 3 is 2.57 bits per heavy atom. The Labute approximate surface area is 164 Å². The molecule has 0 spiro atoms. The minimum Gasteiger partial charge on any atom is -0.493 e. The highest BCUT2D eigenvalue weighted by Gasteiger charge is 2.09. The number of halogens is 1. The first kappa shape index (κ1) is 19.2. The van der Waals surface area contributed by atoms with Crippen LogP contribution in [0.25, 0.3) is 11.6 Å². The number of hydrogen-bond donors (Lipinski definition) is 0. The Kier molecular flexibility index (Phi) is 6.08. The van der Waals surface area contributed by atoms with Crippen molar-refractivity contribution in [2.24, 2.45) is 0 Å². The van der Waals surface area contributed by atoms with Crippen LogP contribution in [0.15, 0.2) is 66.7 Å². The second-order valence-electron chi connectivity index (χ2n) is 6.34. The normalized spacial score (nSPS) is 11.0. The molecule has 3 aromatic carbocycles. The Hall–Kier alpha value is -3.58. The molecule has 0 aliphatic heterocycles. The van der Waals surface area contributed by atoms with E-state index in [1.54, 1.807) is 43.5 Å². The molecule has 0 atom stereocenters. The molecule has 3 rings (SSSR count). The van der Waals surface area contributed by atoms with Crippen molar-refractivity contribution < 1.29 is 13.9 Å². The van der Waals surface area contributed by atoms with Crippen molar-refractivity contribution in [1.29, 1.82) is 5.26 Å². The van der Waals surface area contributed by atoms with Crippen LogP contribution in [-0.2, 0) is 6.61 Å². The molecule has 0 heterocycles. The van der Waals surface area contributed by atoms with Crippen molar-refractivity contribution in [3.63, 3.8) is 0 Å². The monoisotopic (exact) mass is 373 g/mol. The Morgan fingerprint density at radius 1 is 1.04 bits per heavy atom. The summed E-state index contributed by atoms with van der Waals surface area (Å²) < 4.78 is 25.3. The van der Waals surface area contributed by atoms with Crippen molar-refractivity contribution in [3.8, 4) is 17.6 Å². The summed E-state index contributed by atoms with van der Waals surface area (Å²) in [6.45, 7) is 2.46. The van der Waals surface area contributed by atoms with Gasteiger partial charge < -0.3 is 9.47 Å². The summed E-state index contributed by atoms with van der Waals surface area (Å²) in [5, 5.41) is 9.44. The molecule has 140 valence electrons. The lowest BCUT2D eigenvalue weighted by Gasteiger charge is -2.12. The van der Waals surface area contributed by atoms with Gasteiger partial charge in [0.1, 0.15) is 12.4 Å². The van der Waals surface area contributed by atoms with Gasteiger partial charge in [-0.15, -0.1) is 0 Å². The summed E-state index contributed by atoms with van der Waals surface area (Å²) in [5.74, 6) is 0.721. The van der Waals surface area contributed by atoms with E-state index >= 15 is 0 Å². The third kappa shape index (κ3) is 4.57. The number of ether oxygens (including phenoxy) is 2. The molecule has 4 heteroatoms. The number of benzene rings is 3. The van der Waals surface area contributed by atoms with Gasteiger partial charge in [0, 0.05) is 5.56 Å². The molecule has 0 aliphatic rings. The summed E-state index contributed by atoms with van der Waals surface area (Å²) in [5.41, 5.74) is 3.47. The standard InChI is InChI=1S/C24H20FNO2/c1-17-6-5-7-19(12-17)16-28-23-11-10-18(14-24(23)27-2)13-20(15-26)21-8-3-4-9-22(21)25/h3-14H,16H2,1-2H3/b20-13-. The van der Waals surface area contributed by atoms with Gasteiger partial charge in [0.05, 0.1) is 18.8 Å². The highest BCUT2D eigenvalue weighted by atomic mass is 19.1. The van der Waals surface area contributed by atoms with Gasteiger partial charge in [0.25, 0.3) is 0 Å². The first-order chi connectivity index (χ1) is 13.6. The maximum atomic E-state index is 14.0. The number of nitrogens with zero attached hydrogens (tertiary/aromatic N) is 1. The zero-order valence-electron chi connectivity index (χ0n) is 15.8. The Morgan fingerprint density at radius 2 is 1.86 bits per heavy atom. The lowest BCUT2D eigenvalue weighted by molar-refractivity contribution is 0.284. The first-order valence-electron chi connectivity index (χ1n) is 8.84. The predicted molar refractivity (Wildman–Crippen MR) is 108 cm³/mol. The molecule has 3 aromatic rings. The van der Waals surface area contributed by atoms with Gasteiger partial charge in [-0.3, -0.25) is 0 Å². The number of allylic oxidation sites excluding steroid dienone is 1. The van der Waals surface area contributed by atoms with E-state index < -0.39 is 5.82 Å². The highest BCUT2D eigenvalue weighted by molar-refractivity contribution is 5.90. The maximum Gasteiger partial charge on any atom is 0.161 e. The average Bonchev–Trinajstić information content (AvgIpc) is 2.71. The maximum absolute atomic E-state index is 14.0. The summed E-state index contributed by atoms with van der Waals surface area (Å²) in [7, 11) is 1.56.